The van der Waals surface area contributed by atoms with Crippen LogP contribution in [0.1, 0.15) is 42.6 Å². The van der Waals surface area contributed by atoms with Crippen LogP contribution in [0.2, 0.25) is 0 Å². The smallest absolute Gasteiger partial charge is 0.251 e. The second-order valence-corrected chi connectivity index (χ2v) is 8.92. The zero-order chi connectivity index (χ0) is 18.3. The van der Waals surface area contributed by atoms with E-state index >= 15 is 0 Å². The van der Waals surface area contributed by atoms with E-state index in [-0.39, 0.29) is 29.6 Å². The van der Waals surface area contributed by atoms with E-state index in [1.807, 2.05) is 25.1 Å². The van der Waals surface area contributed by atoms with Gasteiger partial charge < -0.3 is 15.4 Å². The van der Waals surface area contributed by atoms with Gasteiger partial charge in [0, 0.05) is 37.1 Å². The molecule has 25 heavy (non-hydrogen) atoms. The standard InChI is InChI=1S/C18H28N2O4S/c1-3-25(22,23)13-14(2)19-11-15-6-4-7-16(10-15)18(21)20-12-17-8-5-9-24-17/h4,6-7,10,14,17,19H,3,5,8-9,11-13H2,1-2H3,(H,20,21)/t14-,17-/m0/s1. The summed E-state index contributed by atoms with van der Waals surface area (Å²) in [6.45, 7) is 5.33. The largest absolute Gasteiger partial charge is 0.376 e. The van der Waals surface area contributed by atoms with Crippen LogP contribution in [0.25, 0.3) is 0 Å². The van der Waals surface area contributed by atoms with E-state index in [9.17, 15) is 13.2 Å². The number of benzene rings is 1. The maximum Gasteiger partial charge on any atom is 0.251 e. The number of hydrogen-bond acceptors (Lipinski definition) is 5. The Morgan fingerprint density at radius 3 is 2.88 bits per heavy atom. The van der Waals surface area contributed by atoms with Crippen molar-refractivity contribution in [2.24, 2.45) is 0 Å². The molecule has 1 aliphatic heterocycles. The van der Waals surface area contributed by atoms with Gasteiger partial charge in [0.1, 0.15) is 0 Å². The summed E-state index contributed by atoms with van der Waals surface area (Å²) < 4.78 is 28.8. The molecule has 1 heterocycles. The lowest BCUT2D eigenvalue weighted by molar-refractivity contribution is 0.0857. The Morgan fingerprint density at radius 2 is 2.20 bits per heavy atom. The average molecular weight is 368 g/mol. The second-order valence-electron chi connectivity index (χ2n) is 6.53. The fourth-order valence-electron chi connectivity index (χ4n) is 2.79. The first kappa shape index (κ1) is 19.9. The van der Waals surface area contributed by atoms with Gasteiger partial charge in [0.25, 0.3) is 5.91 Å². The Labute approximate surface area is 150 Å². The van der Waals surface area contributed by atoms with Gasteiger partial charge in [0.15, 0.2) is 9.84 Å². The SMILES string of the molecule is CCS(=O)(=O)C[C@H](C)NCc1cccc(C(=O)NC[C@@H]2CCCO2)c1. The fourth-order valence-corrected chi connectivity index (χ4v) is 3.90. The molecule has 6 nitrogen and oxygen atoms in total. The number of carbonyl (C=O) groups excluding carboxylic acids is 1. The number of hydrogen-bond donors (Lipinski definition) is 2. The van der Waals surface area contributed by atoms with Crippen LogP contribution in [0.3, 0.4) is 0 Å². The van der Waals surface area contributed by atoms with E-state index in [1.165, 1.54) is 0 Å². The van der Waals surface area contributed by atoms with Gasteiger partial charge in [-0.3, -0.25) is 4.79 Å². The average Bonchev–Trinajstić information content (AvgIpc) is 3.11. The minimum Gasteiger partial charge on any atom is -0.376 e. The van der Waals surface area contributed by atoms with Gasteiger partial charge >= 0.3 is 0 Å². The molecule has 0 saturated carbocycles. The summed E-state index contributed by atoms with van der Waals surface area (Å²) in [5, 5.41) is 6.11. The van der Waals surface area contributed by atoms with Crippen molar-refractivity contribution < 1.29 is 17.9 Å². The summed E-state index contributed by atoms with van der Waals surface area (Å²) in [6.07, 6.45) is 2.16. The fraction of sp³-hybridized carbons (Fsp3) is 0.611. The Hall–Kier alpha value is -1.44. The number of amides is 1. The first-order valence-electron chi connectivity index (χ1n) is 8.82. The van der Waals surface area contributed by atoms with E-state index in [2.05, 4.69) is 10.6 Å². The molecular weight excluding hydrogens is 340 g/mol. The van der Waals surface area contributed by atoms with Crippen molar-refractivity contribution in [1.29, 1.82) is 0 Å². The molecule has 0 radical (unpaired) electrons. The Morgan fingerprint density at radius 1 is 1.40 bits per heavy atom. The van der Waals surface area contributed by atoms with Crippen molar-refractivity contribution in [1.82, 2.24) is 10.6 Å². The van der Waals surface area contributed by atoms with Gasteiger partial charge in [-0.05, 0) is 37.5 Å². The number of rotatable bonds is 9. The third-order valence-corrected chi connectivity index (χ3v) is 6.19. The molecule has 1 saturated heterocycles. The highest BCUT2D eigenvalue weighted by Gasteiger charge is 2.17. The Bertz CT molecular complexity index is 669. The molecule has 2 atom stereocenters. The van der Waals surface area contributed by atoms with Crippen molar-refractivity contribution in [3.63, 3.8) is 0 Å². The zero-order valence-electron chi connectivity index (χ0n) is 15.0. The summed E-state index contributed by atoms with van der Waals surface area (Å²) >= 11 is 0. The monoisotopic (exact) mass is 368 g/mol. The molecule has 0 aliphatic carbocycles. The topological polar surface area (TPSA) is 84.5 Å². The number of nitrogens with one attached hydrogen (secondary N) is 2. The highest BCUT2D eigenvalue weighted by atomic mass is 32.2. The summed E-state index contributed by atoms with van der Waals surface area (Å²) in [5.74, 6) is 0.156. The third kappa shape index (κ3) is 6.76. The molecule has 1 aliphatic rings. The van der Waals surface area contributed by atoms with Crippen LogP contribution in [0.15, 0.2) is 24.3 Å². The minimum atomic E-state index is -3.00. The van der Waals surface area contributed by atoms with Crippen LogP contribution in [0, 0.1) is 0 Å². The van der Waals surface area contributed by atoms with E-state index in [4.69, 9.17) is 4.74 Å². The zero-order valence-corrected chi connectivity index (χ0v) is 15.8. The molecule has 140 valence electrons. The van der Waals surface area contributed by atoms with Crippen LogP contribution in [0.5, 0.6) is 0 Å². The lowest BCUT2D eigenvalue weighted by atomic mass is 10.1. The first-order chi connectivity index (χ1) is 11.9. The first-order valence-corrected chi connectivity index (χ1v) is 10.6. The molecule has 0 spiro atoms. The lowest BCUT2D eigenvalue weighted by Crippen LogP contribution is -2.33. The van der Waals surface area contributed by atoms with Gasteiger partial charge in [-0.2, -0.15) is 0 Å². The van der Waals surface area contributed by atoms with Crippen molar-refractivity contribution in [3.8, 4) is 0 Å². The van der Waals surface area contributed by atoms with Crippen molar-refractivity contribution in [2.45, 2.75) is 45.4 Å². The van der Waals surface area contributed by atoms with Crippen LogP contribution in [0.4, 0.5) is 0 Å². The lowest BCUT2D eigenvalue weighted by Gasteiger charge is -2.14. The van der Waals surface area contributed by atoms with Gasteiger partial charge in [-0.1, -0.05) is 19.1 Å². The molecule has 0 unspecified atom stereocenters. The molecular formula is C18H28N2O4S. The van der Waals surface area contributed by atoms with Crippen LogP contribution in [-0.2, 0) is 21.1 Å². The molecule has 1 aromatic rings. The minimum absolute atomic E-state index is 0.112. The van der Waals surface area contributed by atoms with Crippen molar-refractivity contribution in [2.75, 3.05) is 24.7 Å². The molecule has 2 N–H and O–H groups in total. The van der Waals surface area contributed by atoms with E-state index in [0.29, 0.717) is 18.7 Å². The van der Waals surface area contributed by atoms with Crippen molar-refractivity contribution >= 4 is 15.7 Å². The molecule has 1 fully saturated rings. The summed E-state index contributed by atoms with van der Waals surface area (Å²) in [4.78, 5) is 12.3. The Balaban J connectivity index is 1.84. The van der Waals surface area contributed by atoms with E-state index in [0.717, 1.165) is 25.0 Å². The highest BCUT2D eigenvalue weighted by molar-refractivity contribution is 7.91. The predicted octanol–water partition coefficient (Wildman–Crippen LogP) is 1.51. The molecule has 7 heteroatoms. The summed E-state index contributed by atoms with van der Waals surface area (Å²) in [7, 11) is -3.00. The Kier molecular flexibility index (Phi) is 7.40. The maximum absolute atomic E-state index is 12.3. The number of sulfone groups is 1. The normalized spacial score (nSPS) is 18.9. The van der Waals surface area contributed by atoms with Gasteiger partial charge in [-0.15, -0.1) is 0 Å². The predicted molar refractivity (Wildman–Crippen MR) is 98.4 cm³/mol. The quantitative estimate of drug-likeness (QED) is 0.690. The molecule has 1 amide bonds. The van der Waals surface area contributed by atoms with Gasteiger partial charge in [0.2, 0.25) is 0 Å². The van der Waals surface area contributed by atoms with E-state index in [1.54, 1.807) is 13.0 Å². The molecule has 0 aromatic heterocycles. The molecule has 2 rings (SSSR count). The summed E-state index contributed by atoms with van der Waals surface area (Å²) in [6, 6.07) is 7.23. The van der Waals surface area contributed by atoms with Gasteiger partial charge in [0.05, 0.1) is 11.9 Å². The molecule has 1 aromatic carbocycles. The van der Waals surface area contributed by atoms with Crippen molar-refractivity contribution in [3.05, 3.63) is 35.4 Å². The van der Waals surface area contributed by atoms with Crippen LogP contribution < -0.4 is 10.6 Å². The number of carbonyl (C=O) groups is 1. The second kappa shape index (κ2) is 9.31. The number of ether oxygens (including phenoxy) is 1. The highest BCUT2D eigenvalue weighted by Crippen LogP contribution is 2.11. The van der Waals surface area contributed by atoms with Crippen LogP contribution in [-0.4, -0.2) is 51.1 Å². The third-order valence-electron chi connectivity index (χ3n) is 4.30. The molecule has 0 bridgehead atoms. The maximum atomic E-state index is 12.3. The van der Waals surface area contributed by atoms with Crippen LogP contribution >= 0.6 is 0 Å². The van der Waals surface area contributed by atoms with E-state index < -0.39 is 9.84 Å². The van der Waals surface area contributed by atoms with Gasteiger partial charge in [-0.25, -0.2) is 8.42 Å². The summed E-state index contributed by atoms with van der Waals surface area (Å²) in [5.41, 5.74) is 1.55.